The number of carboxylic acids is 1. The van der Waals surface area contributed by atoms with Gasteiger partial charge in [0.2, 0.25) is 0 Å². The number of hydrogen-bond donors (Lipinski definition) is 2. The minimum Gasteiger partial charge on any atom is -0.478 e. The maximum atomic E-state index is 13.1. The fourth-order valence-electron chi connectivity index (χ4n) is 3.25. The van der Waals surface area contributed by atoms with Gasteiger partial charge in [0.25, 0.3) is 11.8 Å². The van der Waals surface area contributed by atoms with E-state index in [9.17, 15) is 19.5 Å². The molecule has 32 heavy (non-hydrogen) atoms. The zero-order chi connectivity index (χ0) is 23.0. The number of benzene rings is 2. The third-order valence-corrected chi connectivity index (χ3v) is 5.35. The Morgan fingerprint density at radius 1 is 1.16 bits per heavy atom. The van der Waals surface area contributed by atoms with E-state index in [1.807, 2.05) is 13.0 Å². The number of halogens is 1. The number of carbonyl (C=O) groups is 3. The molecular formula is C23H15ClN2O5S. The molecule has 1 aliphatic rings. The number of nitrogens with one attached hydrogen (secondary N) is 1. The number of hydrogen-bond acceptors (Lipinski definition) is 5. The second kappa shape index (κ2) is 8.41. The molecule has 0 radical (unpaired) electrons. The van der Waals surface area contributed by atoms with Crippen molar-refractivity contribution in [2.45, 2.75) is 6.92 Å². The van der Waals surface area contributed by atoms with Gasteiger partial charge >= 0.3 is 5.97 Å². The highest BCUT2D eigenvalue weighted by Crippen LogP contribution is 2.30. The molecule has 0 bridgehead atoms. The van der Waals surface area contributed by atoms with E-state index in [4.69, 9.17) is 28.2 Å². The third kappa shape index (κ3) is 4.05. The number of nitrogens with zero attached hydrogens (tertiary/aromatic N) is 1. The van der Waals surface area contributed by atoms with E-state index < -0.39 is 17.8 Å². The maximum absolute atomic E-state index is 13.1. The van der Waals surface area contributed by atoms with Gasteiger partial charge in [-0.1, -0.05) is 23.7 Å². The summed E-state index contributed by atoms with van der Waals surface area (Å²) >= 11 is 11.2. The number of rotatable bonds is 4. The molecule has 1 fully saturated rings. The second-order valence-corrected chi connectivity index (χ2v) is 7.80. The molecule has 2 N–H and O–H groups in total. The van der Waals surface area contributed by atoms with Crippen LogP contribution in [0.5, 0.6) is 0 Å². The van der Waals surface area contributed by atoms with Gasteiger partial charge in [-0.2, -0.15) is 0 Å². The lowest BCUT2D eigenvalue weighted by atomic mass is 10.1. The summed E-state index contributed by atoms with van der Waals surface area (Å²) in [5, 5.41) is 12.1. The summed E-state index contributed by atoms with van der Waals surface area (Å²) in [4.78, 5) is 37.9. The van der Waals surface area contributed by atoms with Gasteiger partial charge in [-0.05, 0) is 73.2 Å². The van der Waals surface area contributed by atoms with E-state index in [1.165, 1.54) is 30.3 Å². The monoisotopic (exact) mass is 466 g/mol. The molecule has 0 spiro atoms. The summed E-state index contributed by atoms with van der Waals surface area (Å²) < 4.78 is 5.83. The summed E-state index contributed by atoms with van der Waals surface area (Å²) in [5.41, 5.74) is 1.73. The fraction of sp³-hybridized carbons (Fsp3) is 0.0435. The molecule has 2 aromatic carbocycles. The first-order chi connectivity index (χ1) is 15.2. The molecule has 1 aromatic heterocycles. The summed E-state index contributed by atoms with van der Waals surface area (Å²) in [6.07, 6.45) is 1.32. The van der Waals surface area contributed by atoms with Crippen molar-refractivity contribution in [3.05, 3.63) is 82.1 Å². The largest absolute Gasteiger partial charge is 0.478 e. The highest BCUT2D eigenvalue weighted by atomic mass is 35.5. The number of carbonyl (C=O) groups excluding carboxylic acids is 2. The summed E-state index contributed by atoms with van der Waals surface area (Å²) in [6, 6.07) is 14.4. The lowest BCUT2D eigenvalue weighted by Gasteiger charge is -2.28. The number of furan rings is 1. The maximum Gasteiger partial charge on any atom is 0.335 e. The van der Waals surface area contributed by atoms with Crippen LogP contribution in [0.3, 0.4) is 0 Å². The topological polar surface area (TPSA) is 99.9 Å². The number of anilines is 1. The Bertz CT molecular complexity index is 1330. The standard InChI is InChI=1S/C23H15ClN2O5S/c1-12-5-6-14(24)10-17(12)19-8-7-16(31-19)11-18-20(27)25-23(32)26(21(18)28)15-4-2-3-13(9-15)22(29)30/h2-11H,1H3,(H,29,30)(H,25,27,32). The van der Waals surface area contributed by atoms with Crippen LogP contribution >= 0.6 is 23.8 Å². The van der Waals surface area contributed by atoms with Crippen molar-refractivity contribution >= 4 is 58.5 Å². The summed E-state index contributed by atoms with van der Waals surface area (Å²) in [5.74, 6) is -1.71. The Labute approximate surface area is 192 Å². The summed E-state index contributed by atoms with van der Waals surface area (Å²) in [7, 11) is 0. The number of amides is 2. The molecule has 0 aliphatic carbocycles. The Morgan fingerprint density at radius 2 is 1.94 bits per heavy atom. The molecule has 1 saturated heterocycles. The Morgan fingerprint density at radius 3 is 2.69 bits per heavy atom. The summed E-state index contributed by atoms with van der Waals surface area (Å²) in [6.45, 7) is 1.91. The van der Waals surface area contributed by atoms with Crippen LogP contribution < -0.4 is 10.2 Å². The van der Waals surface area contributed by atoms with Gasteiger partial charge in [-0.3, -0.25) is 19.8 Å². The zero-order valence-electron chi connectivity index (χ0n) is 16.6. The highest BCUT2D eigenvalue weighted by molar-refractivity contribution is 7.80. The van der Waals surface area contributed by atoms with Crippen LogP contribution in [0.25, 0.3) is 17.4 Å². The van der Waals surface area contributed by atoms with Crippen LogP contribution in [0.15, 0.2) is 64.6 Å². The van der Waals surface area contributed by atoms with Crippen molar-refractivity contribution < 1.29 is 23.9 Å². The molecule has 0 saturated carbocycles. The van der Waals surface area contributed by atoms with Gasteiger partial charge in [0, 0.05) is 10.6 Å². The molecule has 7 nitrogen and oxygen atoms in total. The van der Waals surface area contributed by atoms with Crippen molar-refractivity contribution in [1.29, 1.82) is 0 Å². The van der Waals surface area contributed by atoms with Crippen molar-refractivity contribution in [3.63, 3.8) is 0 Å². The van der Waals surface area contributed by atoms with Gasteiger partial charge in [0.15, 0.2) is 5.11 Å². The van der Waals surface area contributed by atoms with E-state index in [2.05, 4.69) is 5.32 Å². The smallest absolute Gasteiger partial charge is 0.335 e. The normalized spacial score (nSPS) is 15.2. The molecule has 2 amide bonds. The molecule has 160 valence electrons. The molecule has 0 atom stereocenters. The van der Waals surface area contributed by atoms with Crippen molar-refractivity contribution in [2.24, 2.45) is 0 Å². The van der Waals surface area contributed by atoms with Crippen LogP contribution in [-0.2, 0) is 9.59 Å². The van der Waals surface area contributed by atoms with Gasteiger partial charge < -0.3 is 9.52 Å². The number of aromatic carboxylic acids is 1. The quantitative estimate of drug-likeness (QED) is 0.335. The minimum atomic E-state index is -1.15. The lowest BCUT2D eigenvalue weighted by molar-refractivity contribution is -0.122. The Balaban J connectivity index is 1.70. The molecule has 2 heterocycles. The number of aryl methyl sites for hydroxylation is 1. The van der Waals surface area contributed by atoms with Crippen molar-refractivity contribution in [3.8, 4) is 11.3 Å². The van der Waals surface area contributed by atoms with Crippen molar-refractivity contribution in [1.82, 2.24) is 5.32 Å². The first kappa shape index (κ1) is 21.5. The molecule has 3 aromatic rings. The van der Waals surface area contributed by atoms with Crippen molar-refractivity contribution in [2.75, 3.05) is 4.90 Å². The van der Waals surface area contributed by atoms with Gasteiger partial charge in [-0.15, -0.1) is 0 Å². The Hall–Kier alpha value is -3.75. The SMILES string of the molecule is Cc1ccc(Cl)cc1-c1ccc(C=C2C(=O)NC(=S)N(c3cccc(C(=O)O)c3)C2=O)o1. The van der Waals surface area contributed by atoms with Gasteiger partial charge in [0.05, 0.1) is 11.3 Å². The fourth-order valence-corrected chi connectivity index (χ4v) is 3.70. The first-order valence-corrected chi connectivity index (χ1v) is 10.1. The van der Waals surface area contributed by atoms with Crippen LogP contribution in [0.4, 0.5) is 5.69 Å². The van der Waals surface area contributed by atoms with Crippen LogP contribution in [0.1, 0.15) is 21.7 Å². The highest BCUT2D eigenvalue weighted by Gasteiger charge is 2.35. The van der Waals surface area contributed by atoms with E-state index in [0.29, 0.717) is 10.8 Å². The predicted octanol–water partition coefficient (Wildman–Crippen LogP) is 4.44. The average molecular weight is 467 g/mol. The number of thiocarbonyl (C=S) groups is 1. The predicted molar refractivity (Wildman–Crippen MR) is 123 cm³/mol. The first-order valence-electron chi connectivity index (χ1n) is 9.36. The Kier molecular flexibility index (Phi) is 5.65. The zero-order valence-corrected chi connectivity index (χ0v) is 18.2. The van der Waals surface area contributed by atoms with Gasteiger partial charge in [0.1, 0.15) is 17.1 Å². The average Bonchev–Trinajstić information content (AvgIpc) is 3.21. The number of carboxylic acid groups (broad SMARTS) is 1. The van der Waals surface area contributed by atoms with E-state index >= 15 is 0 Å². The molecular weight excluding hydrogens is 452 g/mol. The van der Waals surface area contributed by atoms with Crippen LogP contribution in [0, 0.1) is 6.92 Å². The van der Waals surface area contributed by atoms with E-state index in [0.717, 1.165) is 16.0 Å². The second-order valence-electron chi connectivity index (χ2n) is 6.97. The van der Waals surface area contributed by atoms with E-state index in [-0.39, 0.29) is 27.7 Å². The third-order valence-electron chi connectivity index (χ3n) is 4.83. The van der Waals surface area contributed by atoms with Gasteiger partial charge in [-0.25, -0.2) is 4.79 Å². The molecule has 4 rings (SSSR count). The van der Waals surface area contributed by atoms with E-state index in [1.54, 1.807) is 24.3 Å². The molecule has 9 heteroatoms. The van der Waals surface area contributed by atoms with Crippen LogP contribution in [-0.4, -0.2) is 28.0 Å². The lowest BCUT2D eigenvalue weighted by Crippen LogP contribution is -2.54. The van der Waals surface area contributed by atoms with Crippen LogP contribution in [0.2, 0.25) is 5.02 Å². The molecule has 1 aliphatic heterocycles. The minimum absolute atomic E-state index is 0.0203. The molecule has 0 unspecified atom stereocenters.